The van der Waals surface area contributed by atoms with Crippen molar-refractivity contribution in [3.8, 4) is 0 Å². The van der Waals surface area contributed by atoms with Crippen LogP contribution in [0.25, 0.3) is 0 Å². The Bertz CT molecular complexity index is 413. The van der Waals surface area contributed by atoms with Crippen molar-refractivity contribution in [3.05, 3.63) is 35.9 Å². The maximum absolute atomic E-state index is 12.1. The number of nitrogens with zero attached hydrogens (tertiary/aromatic N) is 1. The van der Waals surface area contributed by atoms with Crippen molar-refractivity contribution in [3.63, 3.8) is 0 Å². The van der Waals surface area contributed by atoms with Gasteiger partial charge in [-0.1, -0.05) is 30.3 Å². The normalized spacial score (nSPS) is 28.9. The highest BCUT2D eigenvalue weighted by atomic mass is 16.5. The van der Waals surface area contributed by atoms with Crippen LogP contribution in [0.15, 0.2) is 30.3 Å². The molecule has 0 saturated carbocycles. The molecule has 90 valence electrons. The van der Waals surface area contributed by atoms with Crippen LogP contribution in [0.1, 0.15) is 31.2 Å². The summed E-state index contributed by atoms with van der Waals surface area (Å²) in [6.07, 6.45) is 3.45. The van der Waals surface area contributed by atoms with Gasteiger partial charge in [0.15, 0.2) is 5.72 Å². The molecule has 0 N–H and O–H groups in total. The van der Waals surface area contributed by atoms with Crippen molar-refractivity contribution in [1.29, 1.82) is 0 Å². The maximum atomic E-state index is 12.1. The molecule has 0 radical (unpaired) electrons. The largest absolute Gasteiger partial charge is 0.351 e. The quantitative estimate of drug-likeness (QED) is 0.742. The first kappa shape index (κ1) is 10.8. The Morgan fingerprint density at radius 3 is 2.82 bits per heavy atom. The molecule has 0 unspecified atom stereocenters. The fourth-order valence-corrected chi connectivity index (χ4v) is 2.95. The van der Waals surface area contributed by atoms with Gasteiger partial charge in [-0.15, -0.1) is 0 Å². The highest BCUT2D eigenvalue weighted by molar-refractivity contribution is 5.78. The van der Waals surface area contributed by atoms with Crippen molar-refractivity contribution in [2.45, 2.75) is 31.4 Å². The molecule has 2 saturated heterocycles. The van der Waals surface area contributed by atoms with Gasteiger partial charge in [-0.3, -0.25) is 4.79 Å². The van der Waals surface area contributed by atoms with Crippen LogP contribution in [0.2, 0.25) is 0 Å². The van der Waals surface area contributed by atoms with E-state index in [0.717, 1.165) is 38.0 Å². The molecule has 0 aliphatic carbocycles. The van der Waals surface area contributed by atoms with Crippen molar-refractivity contribution < 1.29 is 9.53 Å². The molecule has 3 nitrogen and oxygen atoms in total. The lowest BCUT2D eigenvalue weighted by atomic mass is 9.89. The first-order chi connectivity index (χ1) is 8.33. The van der Waals surface area contributed by atoms with Crippen molar-refractivity contribution in [2.24, 2.45) is 0 Å². The number of piperidine rings is 1. The summed E-state index contributed by atoms with van der Waals surface area (Å²) < 4.78 is 6.03. The summed E-state index contributed by atoms with van der Waals surface area (Å²) in [5.41, 5.74) is 0.641. The SMILES string of the molecule is O=C1CCC[C@]2(c3ccccc3)OCCCN12. The molecule has 17 heavy (non-hydrogen) atoms. The van der Waals surface area contributed by atoms with Gasteiger partial charge < -0.3 is 9.64 Å². The molecule has 0 spiro atoms. The standard InChI is InChI=1S/C14H17NO2/c16-13-8-4-9-14(12-6-2-1-3-7-12)15(13)10-5-11-17-14/h1-3,6-7H,4-5,8-11H2/t14-/m1/s1. The maximum Gasteiger partial charge on any atom is 0.225 e. The van der Waals surface area contributed by atoms with Gasteiger partial charge in [0.2, 0.25) is 5.91 Å². The Kier molecular flexibility index (Phi) is 2.63. The van der Waals surface area contributed by atoms with Crippen molar-refractivity contribution in [2.75, 3.05) is 13.2 Å². The monoisotopic (exact) mass is 231 g/mol. The average molecular weight is 231 g/mol. The van der Waals surface area contributed by atoms with Crippen molar-refractivity contribution in [1.82, 2.24) is 4.90 Å². The molecular formula is C14H17NO2. The van der Waals surface area contributed by atoms with E-state index in [4.69, 9.17) is 4.74 Å². The number of carbonyl (C=O) groups excluding carboxylic acids is 1. The second-order valence-corrected chi connectivity index (χ2v) is 4.75. The number of carbonyl (C=O) groups is 1. The summed E-state index contributed by atoms with van der Waals surface area (Å²) in [5.74, 6) is 0.236. The first-order valence-electron chi connectivity index (χ1n) is 6.33. The predicted octanol–water partition coefficient (Wildman–Crippen LogP) is 2.27. The van der Waals surface area contributed by atoms with E-state index in [-0.39, 0.29) is 5.91 Å². The second kappa shape index (κ2) is 4.15. The van der Waals surface area contributed by atoms with Crippen LogP contribution in [0.4, 0.5) is 0 Å². The third kappa shape index (κ3) is 1.65. The molecule has 0 bridgehead atoms. The number of fused-ring (bicyclic) bond motifs is 1. The van der Waals surface area contributed by atoms with E-state index in [0.29, 0.717) is 6.42 Å². The molecule has 3 heteroatoms. The summed E-state index contributed by atoms with van der Waals surface area (Å²) in [5, 5.41) is 0. The number of amides is 1. The van der Waals surface area contributed by atoms with Gasteiger partial charge >= 0.3 is 0 Å². The minimum atomic E-state index is -0.477. The Morgan fingerprint density at radius 2 is 2.00 bits per heavy atom. The molecule has 0 aromatic heterocycles. The van der Waals surface area contributed by atoms with Crippen molar-refractivity contribution >= 4 is 5.91 Å². The summed E-state index contributed by atoms with van der Waals surface area (Å²) in [4.78, 5) is 14.0. The molecular weight excluding hydrogens is 214 g/mol. The van der Waals surface area contributed by atoms with Gasteiger partial charge in [0, 0.05) is 24.9 Å². The van der Waals surface area contributed by atoms with Gasteiger partial charge in [0.25, 0.3) is 0 Å². The van der Waals surface area contributed by atoms with Gasteiger partial charge in [-0.2, -0.15) is 0 Å². The second-order valence-electron chi connectivity index (χ2n) is 4.75. The predicted molar refractivity (Wildman–Crippen MR) is 64.3 cm³/mol. The zero-order valence-electron chi connectivity index (χ0n) is 9.89. The summed E-state index contributed by atoms with van der Waals surface area (Å²) >= 11 is 0. The van der Waals surface area contributed by atoms with Gasteiger partial charge in [0.05, 0.1) is 6.61 Å². The van der Waals surface area contributed by atoms with Gasteiger partial charge in [-0.05, 0) is 12.8 Å². The summed E-state index contributed by atoms with van der Waals surface area (Å²) in [6.45, 7) is 1.58. The third-order valence-corrected chi connectivity index (χ3v) is 3.74. The Morgan fingerprint density at radius 1 is 1.18 bits per heavy atom. The number of benzene rings is 1. The molecule has 2 aliphatic heterocycles. The van der Waals surface area contributed by atoms with Crippen LogP contribution in [0.3, 0.4) is 0 Å². The van der Waals surface area contributed by atoms with Crippen LogP contribution in [0.5, 0.6) is 0 Å². The van der Waals surface area contributed by atoms with E-state index < -0.39 is 5.72 Å². The highest BCUT2D eigenvalue weighted by Gasteiger charge is 2.46. The molecule has 1 atom stereocenters. The van der Waals surface area contributed by atoms with Crippen LogP contribution < -0.4 is 0 Å². The van der Waals surface area contributed by atoms with Crippen LogP contribution in [-0.2, 0) is 15.3 Å². The minimum absolute atomic E-state index is 0.236. The molecule has 2 fully saturated rings. The summed E-state index contributed by atoms with van der Waals surface area (Å²) in [7, 11) is 0. The lowest BCUT2D eigenvalue weighted by Gasteiger charge is -2.49. The fraction of sp³-hybridized carbons (Fsp3) is 0.500. The highest BCUT2D eigenvalue weighted by Crippen LogP contribution is 2.41. The zero-order valence-corrected chi connectivity index (χ0v) is 9.89. The Labute approximate surface area is 101 Å². The van der Waals surface area contributed by atoms with E-state index >= 15 is 0 Å². The van der Waals surface area contributed by atoms with E-state index in [1.54, 1.807) is 0 Å². The lowest BCUT2D eigenvalue weighted by Crippen LogP contribution is -2.57. The smallest absolute Gasteiger partial charge is 0.225 e. The topological polar surface area (TPSA) is 29.5 Å². The van der Waals surface area contributed by atoms with Gasteiger partial charge in [0.1, 0.15) is 0 Å². The lowest BCUT2D eigenvalue weighted by molar-refractivity contribution is -0.213. The number of rotatable bonds is 1. The van der Waals surface area contributed by atoms with Crippen LogP contribution in [-0.4, -0.2) is 24.0 Å². The number of ether oxygens (including phenoxy) is 1. The zero-order chi connectivity index (χ0) is 11.7. The number of hydrogen-bond acceptors (Lipinski definition) is 2. The Balaban J connectivity index is 2.04. The molecule has 1 aromatic rings. The van der Waals surface area contributed by atoms with Crippen LogP contribution >= 0.6 is 0 Å². The molecule has 1 aromatic carbocycles. The average Bonchev–Trinajstić information content (AvgIpc) is 2.40. The molecule has 2 heterocycles. The van der Waals surface area contributed by atoms with Crippen LogP contribution in [0, 0.1) is 0 Å². The Hall–Kier alpha value is -1.35. The van der Waals surface area contributed by atoms with Gasteiger partial charge in [-0.25, -0.2) is 0 Å². The third-order valence-electron chi connectivity index (χ3n) is 3.74. The molecule has 3 rings (SSSR count). The molecule has 1 amide bonds. The van der Waals surface area contributed by atoms with E-state index in [9.17, 15) is 4.79 Å². The minimum Gasteiger partial charge on any atom is -0.351 e. The number of hydrogen-bond donors (Lipinski definition) is 0. The fourth-order valence-electron chi connectivity index (χ4n) is 2.95. The van der Waals surface area contributed by atoms with E-state index in [1.165, 1.54) is 0 Å². The molecule has 2 aliphatic rings. The first-order valence-corrected chi connectivity index (χ1v) is 6.33. The van der Waals surface area contributed by atoms with E-state index in [2.05, 4.69) is 12.1 Å². The summed E-state index contributed by atoms with van der Waals surface area (Å²) in [6, 6.07) is 10.2. The van der Waals surface area contributed by atoms with E-state index in [1.807, 2.05) is 23.1 Å².